The zero-order valence-electron chi connectivity index (χ0n) is 15.4. The standard InChI is InChI=1S/C19H14Cl2N6OS2/c20-11-6-7-13(14(21)9-11)15-4-1-3-12(22-15)10-16-18(28)27(19(29)30-16)8-2-5-17-23-25-26-24-17/h1,3-4,6-7,9-10H,2,5,8H2,(H,23,24,25,26)/b16-10-. The number of thioether (sulfide) groups is 1. The first-order valence-electron chi connectivity index (χ1n) is 8.91. The molecule has 4 rings (SSSR count). The summed E-state index contributed by atoms with van der Waals surface area (Å²) in [4.78, 5) is 19.5. The van der Waals surface area contributed by atoms with Crippen LogP contribution in [0.4, 0.5) is 0 Å². The fourth-order valence-corrected chi connectivity index (χ4v) is 4.69. The van der Waals surface area contributed by atoms with Gasteiger partial charge in [-0.3, -0.25) is 9.69 Å². The van der Waals surface area contributed by atoms with E-state index >= 15 is 0 Å². The van der Waals surface area contributed by atoms with E-state index in [1.165, 1.54) is 11.8 Å². The van der Waals surface area contributed by atoms with Gasteiger partial charge in [-0.05, 0) is 42.8 Å². The summed E-state index contributed by atoms with van der Waals surface area (Å²) < 4.78 is 0.524. The highest BCUT2D eigenvalue weighted by Crippen LogP contribution is 2.33. The largest absolute Gasteiger partial charge is 0.293 e. The van der Waals surface area contributed by atoms with Gasteiger partial charge >= 0.3 is 0 Å². The van der Waals surface area contributed by atoms with Crippen molar-refractivity contribution in [2.45, 2.75) is 12.8 Å². The predicted molar refractivity (Wildman–Crippen MR) is 122 cm³/mol. The maximum atomic E-state index is 12.8. The van der Waals surface area contributed by atoms with Crippen molar-refractivity contribution >= 4 is 63.5 Å². The number of pyridine rings is 1. The molecule has 1 amide bonds. The number of hydrogen-bond acceptors (Lipinski definition) is 7. The van der Waals surface area contributed by atoms with Gasteiger partial charge in [0.25, 0.3) is 5.91 Å². The molecule has 0 bridgehead atoms. The van der Waals surface area contributed by atoms with Gasteiger partial charge in [0.1, 0.15) is 4.32 Å². The Bertz CT molecular complexity index is 1140. The number of nitrogens with zero attached hydrogens (tertiary/aromatic N) is 5. The van der Waals surface area contributed by atoms with Crippen LogP contribution in [0, 0.1) is 0 Å². The van der Waals surface area contributed by atoms with Crippen molar-refractivity contribution in [2.24, 2.45) is 0 Å². The first-order valence-corrected chi connectivity index (χ1v) is 10.9. The van der Waals surface area contributed by atoms with Crippen LogP contribution in [0.3, 0.4) is 0 Å². The lowest BCUT2D eigenvalue weighted by atomic mass is 10.1. The molecule has 1 aliphatic rings. The van der Waals surface area contributed by atoms with Crippen LogP contribution < -0.4 is 0 Å². The summed E-state index contributed by atoms with van der Waals surface area (Å²) in [5.41, 5.74) is 2.11. The molecule has 1 saturated heterocycles. The molecule has 3 aromatic rings. The Morgan fingerprint density at radius 2 is 2.10 bits per heavy atom. The highest BCUT2D eigenvalue weighted by Gasteiger charge is 2.31. The molecule has 0 saturated carbocycles. The molecule has 2 aromatic heterocycles. The van der Waals surface area contributed by atoms with Gasteiger partial charge < -0.3 is 0 Å². The van der Waals surface area contributed by atoms with Crippen molar-refractivity contribution in [3.05, 3.63) is 62.9 Å². The minimum atomic E-state index is -0.130. The number of rotatable bonds is 6. The van der Waals surface area contributed by atoms with E-state index in [1.54, 1.807) is 23.1 Å². The molecule has 11 heteroatoms. The summed E-state index contributed by atoms with van der Waals surface area (Å²) in [6.45, 7) is 0.490. The van der Waals surface area contributed by atoms with Crippen molar-refractivity contribution in [1.82, 2.24) is 30.5 Å². The van der Waals surface area contributed by atoms with Gasteiger partial charge in [0, 0.05) is 23.6 Å². The highest BCUT2D eigenvalue weighted by molar-refractivity contribution is 8.26. The minimum absolute atomic E-state index is 0.130. The Morgan fingerprint density at radius 3 is 2.87 bits per heavy atom. The van der Waals surface area contributed by atoms with Crippen LogP contribution in [0.25, 0.3) is 17.3 Å². The van der Waals surface area contributed by atoms with Crippen molar-refractivity contribution in [3.63, 3.8) is 0 Å². The Labute approximate surface area is 191 Å². The molecule has 152 valence electrons. The Hall–Kier alpha value is -2.33. The van der Waals surface area contributed by atoms with Crippen molar-refractivity contribution in [2.75, 3.05) is 6.54 Å². The van der Waals surface area contributed by atoms with Gasteiger partial charge in [0.05, 0.1) is 21.3 Å². The number of amides is 1. The van der Waals surface area contributed by atoms with E-state index in [4.69, 9.17) is 35.4 Å². The zero-order chi connectivity index (χ0) is 21.1. The number of thiocarbonyl (C=S) groups is 1. The maximum absolute atomic E-state index is 12.8. The Morgan fingerprint density at radius 1 is 1.23 bits per heavy atom. The molecule has 0 atom stereocenters. The highest BCUT2D eigenvalue weighted by atomic mass is 35.5. The first kappa shape index (κ1) is 20.9. The fraction of sp³-hybridized carbons (Fsp3) is 0.158. The summed E-state index contributed by atoms with van der Waals surface area (Å²) in [5.74, 6) is 0.479. The quantitative estimate of drug-likeness (QED) is 0.416. The Balaban J connectivity index is 1.49. The number of hydrogen-bond donors (Lipinski definition) is 1. The number of tetrazole rings is 1. The molecule has 1 N–H and O–H groups in total. The van der Waals surface area contributed by atoms with Gasteiger partial charge in [-0.25, -0.2) is 4.98 Å². The molecular weight excluding hydrogens is 463 g/mol. The predicted octanol–water partition coefficient (Wildman–Crippen LogP) is 4.40. The lowest BCUT2D eigenvalue weighted by Gasteiger charge is -2.13. The van der Waals surface area contributed by atoms with Crippen LogP contribution in [0.15, 0.2) is 41.3 Å². The molecule has 1 aromatic carbocycles. The van der Waals surface area contributed by atoms with Crippen LogP contribution >= 0.6 is 47.2 Å². The number of benzene rings is 1. The van der Waals surface area contributed by atoms with Gasteiger partial charge in [-0.2, -0.15) is 5.21 Å². The molecule has 0 aliphatic carbocycles. The van der Waals surface area contributed by atoms with E-state index in [-0.39, 0.29) is 5.91 Å². The second-order valence-corrected chi connectivity index (χ2v) is 8.86. The number of aromatic amines is 1. The molecule has 0 unspecified atom stereocenters. The van der Waals surface area contributed by atoms with E-state index in [9.17, 15) is 4.79 Å². The molecule has 7 nitrogen and oxygen atoms in total. The van der Waals surface area contributed by atoms with Crippen LogP contribution in [0.1, 0.15) is 17.9 Å². The number of H-pyrrole nitrogens is 1. The summed E-state index contributed by atoms with van der Waals surface area (Å²) in [6.07, 6.45) is 3.03. The topological polar surface area (TPSA) is 87.7 Å². The summed E-state index contributed by atoms with van der Waals surface area (Å²) >= 11 is 18.9. The average molecular weight is 477 g/mol. The van der Waals surface area contributed by atoms with Crippen LogP contribution in [0.5, 0.6) is 0 Å². The molecule has 0 spiro atoms. The number of nitrogens with one attached hydrogen (secondary N) is 1. The van der Waals surface area contributed by atoms with Crippen LogP contribution in [-0.2, 0) is 11.2 Å². The van der Waals surface area contributed by atoms with Crippen molar-refractivity contribution in [1.29, 1.82) is 0 Å². The van der Waals surface area contributed by atoms with Crippen LogP contribution in [-0.4, -0.2) is 47.3 Å². The van der Waals surface area contributed by atoms with Gasteiger partial charge in [0.15, 0.2) is 5.82 Å². The molecule has 1 fully saturated rings. The number of aryl methyl sites for hydroxylation is 1. The number of aromatic nitrogens is 5. The number of carbonyl (C=O) groups excluding carboxylic acids is 1. The van der Waals surface area contributed by atoms with E-state index in [1.807, 2.05) is 24.3 Å². The smallest absolute Gasteiger partial charge is 0.266 e. The Kier molecular flexibility index (Phi) is 6.43. The van der Waals surface area contributed by atoms with E-state index < -0.39 is 0 Å². The van der Waals surface area contributed by atoms with E-state index in [2.05, 4.69) is 25.6 Å². The number of carbonyl (C=O) groups is 1. The van der Waals surface area contributed by atoms with Crippen LogP contribution in [0.2, 0.25) is 10.0 Å². The summed E-state index contributed by atoms with van der Waals surface area (Å²) in [7, 11) is 0. The van der Waals surface area contributed by atoms with Crippen molar-refractivity contribution in [3.8, 4) is 11.3 Å². The molecule has 1 aliphatic heterocycles. The second kappa shape index (κ2) is 9.22. The van der Waals surface area contributed by atoms with Crippen molar-refractivity contribution < 1.29 is 4.79 Å². The molecule has 30 heavy (non-hydrogen) atoms. The maximum Gasteiger partial charge on any atom is 0.266 e. The third-order valence-electron chi connectivity index (χ3n) is 4.30. The average Bonchev–Trinajstić information content (AvgIpc) is 3.32. The molecule has 0 radical (unpaired) electrons. The molecule has 3 heterocycles. The summed E-state index contributed by atoms with van der Waals surface area (Å²) in [6, 6.07) is 10.8. The third kappa shape index (κ3) is 4.70. The summed E-state index contributed by atoms with van der Waals surface area (Å²) in [5, 5.41) is 14.8. The van der Waals surface area contributed by atoms with E-state index in [0.717, 1.165) is 5.56 Å². The fourth-order valence-electron chi connectivity index (χ4n) is 2.89. The second-order valence-electron chi connectivity index (χ2n) is 6.34. The van der Waals surface area contributed by atoms with Gasteiger partial charge in [-0.1, -0.05) is 58.5 Å². The van der Waals surface area contributed by atoms with E-state index in [0.29, 0.717) is 55.9 Å². The first-order chi connectivity index (χ1) is 14.5. The lowest BCUT2D eigenvalue weighted by Crippen LogP contribution is -2.29. The SMILES string of the molecule is O=C1/C(=C/c2cccc(-c3ccc(Cl)cc3Cl)n2)SC(=S)N1CCCc1nn[nH]n1. The monoisotopic (exact) mass is 476 g/mol. The lowest BCUT2D eigenvalue weighted by molar-refractivity contribution is -0.122. The molecular formula is C19H14Cl2N6OS2. The minimum Gasteiger partial charge on any atom is -0.293 e. The zero-order valence-corrected chi connectivity index (χ0v) is 18.5. The number of halogens is 2. The van der Waals surface area contributed by atoms with Gasteiger partial charge in [0.2, 0.25) is 0 Å². The normalized spacial score (nSPS) is 15.4. The van der Waals surface area contributed by atoms with Gasteiger partial charge in [-0.15, -0.1) is 10.2 Å². The third-order valence-corrected chi connectivity index (χ3v) is 6.23.